The number of carbonyl (C=O) groups excluding carboxylic acids is 1. The zero-order valence-corrected chi connectivity index (χ0v) is 13.8. The van der Waals surface area contributed by atoms with Crippen molar-refractivity contribution in [3.05, 3.63) is 48.2 Å². The summed E-state index contributed by atoms with van der Waals surface area (Å²) in [5.41, 5.74) is 1.13. The molecule has 1 aromatic carbocycles. The molecule has 0 radical (unpaired) electrons. The Labute approximate surface area is 141 Å². The monoisotopic (exact) mass is 328 g/mol. The van der Waals surface area contributed by atoms with Gasteiger partial charge in [0.1, 0.15) is 11.9 Å². The van der Waals surface area contributed by atoms with Crippen LogP contribution in [0.1, 0.15) is 12.0 Å². The van der Waals surface area contributed by atoms with Crippen molar-refractivity contribution in [3.63, 3.8) is 0 Å². The Morgan fingerprint density at radius 3 is 2.79 bits per heavy atom. The smallest absolute Gasteiger partial charge is 0.309 e. The second-order valence-corrected chi connectivity index (χ2v) is 5.57. The highest BCUT2D eigenvalue weighted by Crippen LogP contribution is 2.32. The van der Waals surface area contributed by atoms with Crippen LogP contribution in [0, 0.1) is 0 Å². The number of anilines is 1. The molecule has 2 aromatic rings. The Morgan fingerprint density at radius 2 is 2.08 bits per heavy atom. The summed E-state index contributed by atoms with van der Waals surface area (Å²) in [6.07, 6.45) is 1.70. The Kier molecular flexibility index (Phi) is 4.84. The van der Waals surface area contributed by atoms with Crippen molar-refractivity contribution in [2.45, 2.75) is 19.1 Å². The fraction of sp³-hybridized carbons (Fsp3) is 0.333. The molecule has 1 aliphatic heterocycles. The van der Waals surface area contributed by atoms with Crippen molar-refractivity contribution in [2.24, 2.45) is 0 Å². The molecule has 0 spiro atoms. The molecule has 2 heterocycles. The first-order valence-electron chi connectivity index (χ1n) is 7.76. The number of hydrogen-bond acceptors (Lipinski definition) is 6. The SMILES string of the molecule is COC(=O)CC1CN(Cc2ccc(OC)cc2)c2ncccc2O1. The molecular weight excluding hydrogens is 308 g/mol. The Balaban J connectivity index is 1.80. The second-order valence-electron chi connectivity index (χ2n) is 5.57. The number of ether oxygens (including phenoxy) is 3. The van der Waals surface area contributed by atoms with Crippen molar-refractivity contribution >= 4 is 11.8 Å². The van der Waals surface area contributed by atoms with Gasteiger partial charge in [0.05, 0.1) is 27.2 Å². The van der Waals surface area contributed by atoms with Gasteiger partial charge in [0, 0.05) is 12.7 Å². The first kappa shape index (κ1) is 16.1. The topological polar surface area (TPSA) is 60.9 Å². The van der Waals surface area contributed by atoms with E-state index in [0.29, 0.717) is 18.8 Å². The van der Waals surface area contributed by atoms with Crippen molar-refractivity contribution < 1.29 is 19.0 Å². The zero-order chi connectivity index (χ0) is 16.9. The van der Waals surface area contributed by atoms with E-state index in [-0.39, 0.29) is 18.5 Å². The molecule has 0 saturated carbocycles. The third-order valence-corrected chi connectivity index (χ3v) is 3.92. The lowest BCUT2D eigenvalue weighted by Crippen LogP contribution is -2.41. The molecule has 3 rings (SSSR count). The Bertz CT molecular complexity index is 702. The number of pyridine rings is 1. The van der Waals surface area contributed by atoms with E-state index < -0.39 is 0 Å². The van der Waals surface area contributed by atoms with Gasteiger partial charge in [-0.25, -0.2) is 4.98 Å². The normalized spacial score (nSPS) is 16.1. The number of nitrogens with zero attached hydrogens (tertiary/aromatic N) is 2. The average molecular weight is 328 g/mol. The van der Waals surface area contributed by atoms with E-state index in [0.717, 1.165) is 17.1 Å². The molecule has 0 aliphatic carbocycles. The third kappa shape index (κ3) is 3.59. The van der Waals surface area contributed by atoms with Gasteiger partial charge in [-0.3, -0.25) is 4.79 Å². The number of rotatable bonds is 5. The van der Waals surface area contributed by atoms with E-state index in [9.17, 15) is 4.79 Å². The van der Waals surface area contributed by atoms with Gasteiger partial charge >= 0.3 is 5.97 Å². The van der Waals surface area contributed by atoms with Gasteiger partial charge in [0.2, 0.25) is 0 Å². The van der Waals surface area contributed by atoms with Gasteiger partial charge in [0.15, 0.2) is 11.6 Å². The van der Waals surface area contributed by atoms with Crippen LogP contribution in [0.5, 0.6) is 11.5 Å². The predicted molar refractivity (Wildman–Crippen MR) is 89.3 cm³/mol. The molecule has 126 valence electrons. The van der Waals surface area contributed by atoms with E-state index >= 15 is 0 Å². The minimum Gasteiger partial charge on any atom is -0.497 e. The number of carbonyl (C=O) groups is 1. The number of methoxy groups -OCH3 is 2. The number of esters is 1. The van der Waals surface area contributed by atoms with Crippen LogP contribution in [0.15, 0.2) is 42.6 Å². The molecule has 1 unspecified atom stereocenters. The van der Waals surface area contributed by atoms with Crippen molar-refractivity contribution in [2.75, 3.05) is 25.7 Å². The largest absolute Gasteiger partial charge is 0.497 e. The van der Waals surface area contributed by atoms with Gasteiger partial charge in [-0.1, -0.05) is 12.1 Å². The van der Waals surface area contributed by atoms with Crippen LogP contribution >= 0.6 is 0 Å². The molecule has 1 aromatic heterocycles. The first-order valence-corrected chi connectivity index (χ1v) is 7.76. The highest BCUT2D eigenvalue weighted by Gasteiger charge is 2.28. The van der Waals surface area contributed by atoms with Crippen LogP contribution in [-0.4, -0.2) is 37.8 Å². The number of hydrogen-bond donors (Lipinski definition) is 0. The lowest BCUT2D eigenvalue weighted by Gasteiger charge is -2.34. The van der Waals surface area contributed by atoms with Crippen molar-refractivity contribution in [1.82, 2.24) is 4.98 Å². The molecule has 0 bridgehead atoms. The maximum absolute atomic E-state index is 11.6. The fourth-order valence-corrected chi connectivity index (χ4v) is 2.73. The van der Waals surface area contributed by atoms with E-state index in [1.807, 2.05) is 36.4 Å². The molecule has 0 saturated heterocycles. The number of aromatic nitrogens is 1. The minimum atomic E-state index is -0.281. The Morgan fingerprint density at radius 1 is 1.29 bits per heavy atom. The standard InChI is InChI=1S/C18H20N2O4/c1-22-14-7-5-13(6-8-14)11-20-12-15(10-17(21)23-2)24-16-4-3-9-19-18(16)20/h3-9,15H,10-12H2,1-2H3. The predicted octanol–water partition coefficient (Wildman–Crippen LogP) is 2.42. The second kappa shape index (κ2) is 7.21. The Hall–Kier alpha value is -2.76. The quantitative estimate of drug-likeness (QED) is 0.786. The summed E-state index contributed by atoms with van der Waals surface area (Å²) in [6, 6.07) is 11.6. The molecule has 6 heteroatoms. The van der Waals surface area contributed by atoms with Crippen LogP contribution in [0.25, 0.3) is 0 Å². The van der Waals surface area contributed by atoms with E-state index in [1.165, 1.54) is 7.11 Å². The van der Waals surface area contributed by atoms with Gasteiger partial charge < -0.3 is 19.1 Å². The first-order chi connectivity index (χ1) is 11.7. The van der Waals surface area contributed by atoms with Crippen molar-refractivity contribution in [3.8, 4) is 11.5 Å². The lowest BCUT2D eigenvalue weighted by molar-refractivity contribution is -0.142. The summed E-state index contributed by atoms with van der Waals surface area (Å²) in [7, 11) is 3.03. The number of fused-ring (bicyclic) bond motifs is 1. The van der Waals surface area contributed by atoms with Gasteiger partial charge in [-0.15, -0.1) is 0 Å². The highest BCUT2D eigenvalue weighted by atomic mass is 16.5. The van der Waals surface area contributed by atoms with E-state index in [1.54, 1.807) is 13.3 Å². The highest BCUT2D eigenvalue weighted by molar-refractivity contribution is 5.70. The molecule has 1 aliphatic rings. The summed E-state index contributed by atoms with van der Waals surface area (Å²) in [6.45, 7) is 1.25. The molecular formula is C18H20N2O4. The maximum atomic E-state index is 11.6. The summed E-state index contributed by atoms with van der Waals surface area (Å²) >= 11 is 0. The number of benzene rings is 1. The van der Waals surface area contributed by atoms with Gasteiger partial charge in [-0.2, -0.15) is 0 Å². The van der Waals surface area contributed by atoms with Gasteiger partial charge in [0.25, 0.3) is 0 Å². The van der Waals surface area contributed by atoms with Crippen LogP contribution in [0.3, 0.4) is 0 Å². The van der Waals surface area contributed by atoms with E-state index in [2.05, 4.69) is 9.88 Å². The van der Waals surface area contributed by atoms with Gasteiger partial charge in [-0.05, 0) is 29.8 Å². The molecule has 0 fully saturated rings. The lowest BCUT2D eigenvalue weighted by atomic mass is 10.1. The fourth-order valence-electron chi connectivity index (χ4n) is 2.73. The third-order valence-electron chi connectivity index (χ3n) is 3.92. The molecule has 1 atom stereocenters. The molecule has 0 N–H and O–H groups in total. The summed E-state index contributed by atoms with van der Waals surface area (Å²) in [5, 5.41) is 0. The van der Waals surface area contributed by atoms with Crippen molar-refractivity contribution in [1.29, 1.82) is 0 Å². The molecule has 24 heavy (non-hydrogen) atoms. The maximum Gasteiger partial charge on any atom is 0.309 e. The van der Waals surface area contributed by atoms with Crippen LogP contribution in [0.4, 0.5) is 5.82 Å². The van der Waals surface area contributed by atoms with E-state index in [4.69, 9.17) is 14.2 Å². The van der Waals surface area contributed by atoms with Crippen LogP contribution < -0.4 is 14.4 Å². The van der Waals surface area contributed by atoms with Crippen LogP contribution in [-0.2, 0) is 16.1 Å². The molecule has 0 amide bonds. The minimum absolute atomic E-state index is 0.212. The average Bonchev–Trinajstić information content (AvgIpc) is 2.62. The zero-order valence-electron chi connectivity index (χ0n) is 13.8. The summed E-state index contributed by atoms with van der Waals surface area (Å²) in [5.74, 6) is 2.01. The summed E-state index contributed by atoms with van der Waals surface area (Å²) in [4.78, 5) is 18.1. The van der Waals surface area contributed by atoms with Crippen LogP contribution in [0.2, 0.25) is 0 Å². The molecule has 6 nitrogen and oxygen atoms in total. The summed E-state index contributed by atoms with van der Waals surface area (Å²) < 4.78 is 15.8.